The van der Waals surface area contributed by atoms with Crippen LogP contribution in [-0.2, 0) is 15.4 Å². The maximum Gasteiger partial charge on any atom is 0.405 e. The van der Waals surface area contributed by atoms with E-state index in [1.54, 1.807) is 20.2 Å². The zero-order valence-corrected chi connectivity index (χ0v) is 22.9. The molecule has 0 aromatic heterocycles. The molecule has 0 bridgehead atoms. The Hall–Kier alpha value is -2.84. The molecule has 0 aliphatic carbocycles. The predicted octanol–water partition coefficient (Wildman–Crippen LogP) is 5.36. The van der Waals surface area contributed by atoms with E-state index in [0.717, 1.165) is 22.4 Å². The van der Waals surface area contributed by atoms with E-state index in [1.165, 1.54) is 17.0 Å². The van der Waals surface area contributed by atoms with Crippen molar-refractivity contribution in [3.05, 3.63) is 53.8 Å². The van der Waals surface area contributed by atoms with E-state index < -0.39 is 23.1 Å². The van der Waals surface area contributed by atoms with E-state index >= 15 is 0 Å². The van der Waals surface area contributed by atoms with Crippen molar-refractivity contribution in [2.75, 3.05) is 38.8 Å². The van der Waals surface area contributed by atoms with Gasteiger partial charge in [-0.3, -0.25) is 4.79 Å². The Labute approximate surface area is 223 Å². The second kappa shape index (κ2) is 11.7. The number of anilines is 1. The van der Waals surface area contributed by atoms with Gasteiger partial charge in [-0.1, -0.05) is 39.0 Å². The summed E-state index contributed by atoms with van der Waals surface area (Å²) in [6.07, 6.45) is -0.279. The lowest BCUT2D eigenvalue weighted by Gasteiger charge is -2.55. The molecule has 37 heavy (non-hydrogen) atoms. The van der Waals surface area contributed by atoms with Crippen molar-refractivity contribution in [1.82, 2.24) is 10.2 Å². The molecule has 2 aromatic carbocycles. The van der Waals surface area contributed by atoms with Gasteiger partial charge in [0.15, 0.2) is 0 Å². The molecule has 9 heteroatoms. The van der Waals surface area contributed by atoms with Crippen LogP contribution in [-0.4, -0.2) is 67.4 Å². The summed E-state index contributed by atoms with van der Waals surface area (Å²) in [5.74, 6) is -0.411. The molecule has 1 fully saturated rings. The maximum absolute atomic E-state index is 14.0. The summed E-state index contributed by atoms with van der Waals surface area (Å²) in [4.78, 5) is 29.7. The quantitative estimate of drug-likeness (QED) is 0.447. The van der Waals surface area contributed by atoms with Crippen LogP contribution in [0.15, 0.2) is 42.5 Å². The maximum atomic E-state index is 14.0. The van der Waals surface area contributed by atoms with Gasteiger partial charge in [0.05, 0.1) is 12.6 Å². The van der Waals surface area contributed by atoms with Gasteiger partial charge in [-0.25, -0.2) is 9.18 Å². The third-order valence-corrected chi connectivity index (χ3v) is 7.24. The fraction of sp³-hybridized carbons (Fsp3) is 0.500. The summed E-state index contributed by atoms with van der Waals surface area (Å²) in [5, 5.41) is 12.5. The highest BCUT2D eigenvalue weighted by Gasteiger charge is 2.57. The first-order valence-corrected chi connectivity index (χ1v) is 12.9. The molecule has 0 radical (unpaired) electrons. The molecular formula is C28H37ClFN3O4. The van der Waals surface area contributed by atoms with Gasteiger partial charge in [-0.2, -0.15) is 0 Å². The lowest BCUT2D eigenvalue weighted by Crippen LogP contribution is -2.74. The van der Waals surface area contributed by atoms with Gasteiger partial charge < -0.3 is 25.0 Å². The number of likely N-dealkylation sites (N-methyl/N-ethyl adjacent to an activating group) is 1. The smallest absolute Gasteiger partial charge is 0.405 e. The highest BCUT2D eigenvalue weighted by Crippen LogP contribution is 2.44. The van der Waals surface area contributed by atoms with Crippen LogP contribution in [0.5, 0.6) is 0 Å². The van der Waals surface area contributed by atoms with Gasteiger partial charge in [0, 0.05) is 38.8 Å². The largest absolute Gasteiger partial charge is 0.465 e. The second-order valence-electron chi connectivity index (χ2n) is 10.7. The Morgan fingerprint density at radius 2 is 1.95 bits per heavy atom. The number of alkyl halides is 1. The molecule has 7 nitrogen and oxygen atoms in total. The van der Waals surface area contributed by atoms with E-state index in [-0.39, 0.29) is 17.6 Å². The minimum atomic E-state index is -1.38. The van der Waals surface area contributed by atoms with E-state index in [0.29, 0.717) is 32.5 Å². The molecule has 3 rings (SSSR count). The fourth-order valence-electron chi connectivity index (χ4n) is 5.62. The number of hydrogen-bond acceptors (Lipinski definition) is 4. The number of carbonyl (C=O) groups is 2. The van der Waals surface area contributed by atoms with E-state index in [1.807, 2.05) is 45.0 Å². The average molecular weight is 534 g/mol. The van der Waals surface area contributed by atoms with Crippen molar-refractivity contribution in [3.8, 4) is 11.1 Å². The molecule has 2 amide bonds. The van der Waals surface area contributed by atoms with E-state index in [4.69, 9.17) is 16.3 Å². The summed E-state index contributed by atoms with van der Waals surface area (Å²) in [6.45, 7) is 7.34. The van der Waals surface area contributed by atoms with E-state index in [2.05, 4.69) is 10.2 Å². The molecule has 2 unspecified atom stereocenters. The number of hydrogen-bond donors (Lipinski definition) is 2. The van der Waals surface area contributed by atoms with Crippen LogP contribution in [0.3, 0.4) is 0 Å². The van der Waals surface area contributed by atoms with Gasteiger partial charge in [-0.15, -0.1) is 11.6 Å². The van der Waals surface area contributed by atoms with Crippen molar-refractivity contribution in [2.24, 2.45) is 5.41 Å². The summed E-state index contributed by atoms with van der Waals surface area (Å²) < 4.78 is 19.0. The number of nitrogens with zero attached hydrogens (tertiary/aromatic N) is 2. The number of rotatable bonds is 8. The minimum absolute atomic E-state index is 0.201. The number of halogens is 2. The first kappa shape index (κ1) is 28.7. The van der Waals surface area contributed by atoms with Crippen molar-refractivity contribution in [3.63, 3.8) is 0 Å². The third kappa shape index (κ3) is 6.18. The summed E-state index contributed by atoms with van der Waals surface area (Å²) >= 11 is 6.43. The third-order valence-electron chi connectivity index (χ3n) is 6.95. The molecule has 202 valence electrons. The SMILES string of the molecule is COCCN(C)C(=O)C1(NC(=O)O)CCCN(c2ccc(-c3cccc(F)c3)cc2CCl)C1C(C)(C)C. The number of carboxylic acid groups (broad SMARTS) is 1. The normalized spacial score (nSPS) is 20.0. The Morgan fingerprint density at radius 1 is 1.24 bits per heavy atom. The average Bonchev–Trinajstić information content (AvgIpc) is 2.85. The van der Waals surface area contributed by atoms with E-state index in [9.17, 15) is 19.1 Å². The monoisotopic (exact) mass is 533 g/mol. The first-order valence-electron chi connectivity index (χ1n) is 12.4. The molecule has 0 saturated carbocycles. The highest BCUT2D eigenvalue weighted by atomic mass is 35.5. The Morgan fingerprint density at radius 3 is 2.54 bits per heavy atom. The summed E-state index contributed by atoms with van der Waals surface area (Å²) in [6, 6.07) is 11.6. The van der Waals surface area contributed by atoms with Crippen molar-refractivity contribution < 1.29 is 23.8 Å². The molecule has 2 atom stereocenters. The molecule has 2 aromatic rings. The molecule has 1 aliphatic heterocycles. The lowest BCUT2D eigenvalue weighted by atomic mass is 9.68. The standard InChI is InChI=1S/C28H37ClFN3O4/c1-27(2,3)24-28(31-26(35)36,25(34)32(4)14-15-37-5)12-7-13-33(24)23-11-10-20(16-21(23)18-29)19-8-6-9-22(30)17-19/h6,8-11,16-17,24,31H,7,12-15,18H2,1-5H3,(H,35,36). The van der Waals surface area contributed by atoms with Crippen molar-refractivity contribution in [2.45, 2.75) is 51.1 Å². The van der Waals surface area contributed by atoms with Crippen LogP contribution in [0.4, 0.5) is 14.9 Å². The number of ether oxygens (including phenoxy) is 1. The number of nitrogens with one attached hydrogen (secondary N) is 1. The van der Waals surface area contributed by atoms with Gasteiger partial charge >= 0.3 is 6.09 Å². The van der Waals surface area contributed by atoms with Crippen LogP contribution >= 0.6 is 11.6 Å². The number of amides is 2. The van der Waals surface area contributed by atoms with Crippen molar-refractivity contribution in [1.29, 1.82) is 0 Å². The fourth-order valence-corrected chi connectivity index (χ4v) is 5.83. The first-order chi connectivity index (χ1) is 17.4. The lowest BCUT2D eigenvalue weighted by molar-refractivity contribution is -0.141. The molecule has 1 heterocycles. The molecule has 0 spiro atoms. The van der Waals surface area contributed by atoms with Gasteiger partial charge in [0.2, 0.25) is 5.91 Å². The highest BCUT2D eigenvalue weighted by molar-refractivity contribution is 6.17. The summed E-state index contributed by atoms with van der Waals surface area (Å²) in [7, 11) is 3.23. The molecule has 1 saturated heterocycles. The van der Waals surface area contributed by atoms with Crippen LogP contribution in [0, 0.1) is 11.2 Å². The zero-order valence-electron chi connectivity index (χ0n) is 22.2. The Balaban J connectivity index is 2.14. The van der Waals surface area contributed by atoms with Gasteiger partial charge in [0.1, 0.15) is 11.4 Å². The molecular weight excluding hydrogens is 497 g/mol. The topological polar surface area (TPSA) is 82.1 Å². The molecule has 2 N–H and O–H groups in total. The molecule has 1 aliphatic rings. The number of methoxy groups -OCH3 is 1. The Kier molecular flexibility index (Phi) is 9.08. The Bertz CT molecular complexity index is 1120. The second-order valence-corrected chi connectivity index (χ2v) is 10.9. The number of carbonyl (C=O) groups excluding carboxylic acids is 1. The number of piperidine rings is 1. The van der Waals surface area contributed by atoms with Crippen LogP contribution in [0.2, 0.25) is 0 Å². The van der Waals surface area contributed by atoms with Crippen molar-refractivity contribution >= 4 is 29.3 Å². The van der Waals surface area contributed by atoms with Gasteiger partial charge in [-0.05, 0) is 59.2 Å². The zero-order chi connectivity index (χ0) is 27.4. The van der Waals surface area contributed by atoms with Crippen LogP contribution in [0.1, 0.15) is 39.2 Å². The van der Waals surface area contributed by atoms with Crippen LogP contribution < -0.4 is 10.2 Å². The van der Waals surface area contributed by atoms with Crippen LogP contribution in [0.25, 0.3) is 11.1 Å². The minimum Gasteiger partial charge on any atom is -0.465 e. The van der Waals surface area contributed by atoms with Gasteiger partial charge in [0.25, 0.3) is 0 Å². The number of benzene rings is 2. The summed E-state index contributed by atoms with van der Waals surface area (Å²) in [5.41, 5.74) is 1.35. The predicted molar refractivity (Wildman–Crippen MR) is 145 cm³/mol.